The van der Waals surface area contributed by atoms with Crippen LogP contribution in [0, 0.1) is 17.1 Å². The maximum absolute atomic E-state index is 13.1. The molecule has 0 atom stereocenters. The van der Waals surface area contributed by atoms with E-state index in [1.54, 1.807) is 71.6 Å². The number of halogens is 1. The highest BCUT2D eigenvalue weighted by molar-refractivity contribution is 7.99. The first-order valence-electron chi connectivity index (χ1n) is 10.6. The Morgan fingerprint density at radius 2 is 1.86 bits per heavy atom. The minimum absolute atomic E-state index is 0.117. The molecule has 35 heavy (non-hydrogen) atoms. The molecule has 4 aromatic rings. The van der Waals surface area contributed by atoms with Crippen molar-refractivity contribution in [1.29, 1.82) is 5.26 Å². The number of nitrogens with one attached hydrogen (secondary N) is 2. The summed E-state index contributed by atoms with van der Waals surface area (Å²) in [6.45, 7) is 0.280. The van der Waals surface area contributed by atoms with E-state index in [0.29, 0.717) is 22.0 Å². The molecule has 2 amide bonds. The van der Waals surface area contributed by atoms with Crippen LogP contribution in [0.1, 0.15) is 21.5 Å². The highest BCUT2D eigenvalue weighted by Crippen LogP contribution is 2.22. The van der Waals surface area contributed by atoms with Crippen molar-refractivity contribution < 1.29 is 14.0 Å². The van der Waals surface area contributed by atoms with Crippen molar-refractivity contribution in [3.05, 3.63) is 108 Å². The van der Waals surface area contributed by atoms with Crippen molar-refractivity contribution in [3.63, 3.8) is 0 Å². The largest absolute Gasteiger partial charge is 0.348 e. The molecule has 9 heteroatoms. The summed E-state index contributed by atoms with van der Waals surface area (Å²) in [4.78, 5) is 29.3. The Balaban J connectivity index is 1.38. The van der Waals surface area contributed by atoms with Crippen LogP contribution in [0.25, 0.3) is 5.69 Å². The second-order valence-electron chi connectivity index (χ2n) is 7.47. The fraction of sp³-hybridized carbons (Fsp3) is 0.0769. The third-order valence-electron chi connectivity index (χ3n) is 4.97. The SMILES string of the molecule is N#Cc1cccc(NC(=O)CSc2nccn2-c2cccc(C(=O)NCc3ccc(F)cc3)c2)c1. The van der Waals surface area contributed by atoms with E-state index in [4.69, 9.17) is 5.26 Å². The summed E-state index contributed by atoms with van der Waals surface area (Å²) >= 11 is 1.25. The van der Waals surface area contributed by atoms with Gasteiger partial charge in [0.1, 0.15) is 5.82 Å². The monoisotopic (exact) mass is 485 g/mol. The Hall–Kier alpha value is -4.42. The van der Waals surface area contributed by atoms with Gasteiger partial charge in [0.05, 0.1) is 17.4 Å². The molecule has 174 valence electrons. The van der Waals surface area contributed by atoms with E-state index < -0.39 is 0 Å². The summed E-state index contributed by atoms with van der Waals surface area (Å²) in [5.41, 5.74) is 3.00. The van der Waals surface area contributed by atoms with Crippen molar-refractivity contribution in [2.45, 2.75) is 11.7 Å². The molecule has 3 aromatic carbocycles. The average molecular weight is 486 g/mol. The lowest BCUT2D eigenvalue weighted by molar-refractivity contribution is -0.113. The van der Waals surface area contributed by atoms with Crippen molar-refractivity contribution in [2.75, 3.05) is 11.1 Å². The molecule has 0 aliphatic rings. The number of nitrogens with zero attached hydrogens (tertiary/aromatic N) is 3. The number of anilines is 1. The van der Waals surface area contributed by atoms with E-state index in [1.165, 1.54) is 23.9 Å². The van der Waals surface area contributed by atoms with Gasteiger partial charge in [-0.15, -0.1) is 0 Å². The molecule has 0 saturated heterocycles. The zero-order valence-electron chi connectivity index (χ0n) is 18.4. The Morgan fingerprint density at radius 3 is 2.66 bits per heavy atom. The van der Waals surface area contributed by atoms with E-state index in [9.17, 15) is 14.0 Å². The van der Waals surface area contributed by atoms with Crippen LogP contribution in [0.15, 0.2) is 90.3 Å². The third kappa shape index (κ3) is 6.34. The molecule has 0 fully saturated rings. The molecule has 1 heterocycles. The van der Waals surface area contributed by atoms with Gasteiger partial charge in [0, 0.05) is 35.9 Å². The lowest BCUT2D eigenvalue weighted by Crippen LogP contribution is -2.22. The van der Waals surface area contributed by atoms with Crippen molar-refractivity contribution >= 4 is 29.3 Å². The Morgan fingerprint density at radius 1 is 1.06 bits per heavy atom. The zero-order valence-corrected chi connectivity index (χ0v) is 19.3. The molecule has 0 aliphatic heterocycles. The number of benzene rings is 3. The molecule has 0 aliphatic carbocycles. The molecule has 7 nitrogen and oxygen atoms in total. The molecule has 0 unspecified atom stereocenters. The van der Waals surface area contributed by atoms with Gasteiger partial charge in [-0.1, -0.05) is 36.0 Å². The molecule has 0 spiro atoms. The van der Waals surface area contributed by atoms with Crippen LogP contribution in [0.3, 0.4) is 0 Å². The van der Waals surface area contributed by atoms with Gasteiger partial charge in [-0.2, -0.15) is 5.26 Å². The Labute approximate surface area is 205 Å². The Kier molecular flexibility index (Phi) is 7.55. The number of hydrogen-bond donors (Lipinski definition) is 2. The van der Waals surface area contributed by atoms with Gasteiger partial charge in [0.2, 0.25) is 5.91 Å². The fourth-order valence-corrected chi connectivity index (χ4v) is 4.04. The van der Waals surface area contributed by atoms with Gasteiger partial charge < -0.3 is 10.6 Å². The Bertz CT molecular complexity index is 1400. The standard InChI is InChI=1S/C26H20FN5O2S/c27-21-9-7-18(8-10-21)16-30-25(34)20-4-2-6-23(14-20)32-12-11-29-26(32)35-17-24(33)31-22-5-1-3-19(13-22)15-28/h1-14H,16-17H2,(H,30,34)(H,31,33). The quantitative estimate of drug-likeness (QED) is 0.357. The maximum Gasteiger partial charge on any atom is 0.251 e. The van der Waals surface area contributed by atoms with Gasteiger partial charge in [-0.05, 0) is 54.1 Å². The predicted molar refractivity (Wildman–Crippen MR) is 132 cm³/mol. The predicted octanol–water partition coefficient (Wildman–Crippen LogP) is 4.54. The van der Waals surface area contributed by atoms with Crippen LogP contribution < -0.4 is 10.6 Å². The van der Waals surface area contributed by atoms with E-state index in [2.05, 4.69) is 15.6 Å². The van der Waals surface area contributed by atoms with Crippen LogP contribution in [-0.2, 0) is 11.3 Å². The van der Waals surface area contributed by atoms with Crippen molar-refractivity contribution in [3.8, 4) is 11.8 Å². The van der Waals surface area contributed by atoms with Crippen LogP contribution in [0.2, 0.25) is 0 Å². The second kappa shape index (κ2) is 11.1. The molecular weight excluding hydrogens is 465 g/mol. The van der Waals surface area contributed by atoms with Crippen LogP contribution in [0.5, 0.6) is 0 Å². The number of thioether (sulfide) groups is 1. The van der Waals surface area contributed by atoms with Crippen molar-refractivity contribution in [1.82, 2.24) is 14.9 Å². The van der Waals surface area contributed by atoms with Crippen molar-refractivity contribution in [2.24, 2.45) is 0 Å². The molecule has 0 saturated carbocycles. The number of amides is 2. The summed E-state index contributed by atoms with van der Waals surface area (Å²) in [6.07, 6.45) is 3.38. The minimum Gasteiger partial charge on any atom is -0.348 e. The topological polar surface area (TPSA) is 99.8 Å². The fourth-order valence-electron chi connectivity index (χ4n) is 3.27. The van der Waals surface area contributed by atoms with Gasteiger partial charge in [0.15, 0.2) is 5.16 Å². The number of carbonyl (C=O) groups is 2. The maximum atomic E-state index is 13.1. The van der Waals surface area contributed by atoms with E-state index in [0.717, 1.165) is 11.3 Å². The van der Waals surface area contributed by atoms with Gasteiger partial charge in [0.25, 0.3) is 5.91 Å². The van der Waals surface area contributed by atoms with E-state index >= 15 is 0 Å². The normalized spacial score (nSPS) is 10.4. The molecule has 0 bridgehead atoms. The molecule has 2 N–H and O–H groups in total. The van der Waals surface area contributed by atoms with E-state index in [1.807, 2.05) is 12.1 Å². The number of carbonyl (C=O) groups excluding carboxylic acids is 2. The average Bonchev–Trinajstić information content (AvgIpc) is 3.36. The van der Waals surface area contributed by atoms with Gasteiger partial charge in [-0.3, -0.25) is 14.2 Å². The summed E-state index contributed by atoms with van der Waals surface area (Å²) in [5, 5.41) is 15.2. The summed E-state index contributed by atoms with van der Waals surface area (Å²) in [7, 11) is 0. The summed E-state index contributed by atoms with van der Waals surface area (Å²) in [6, 6.07) is 21.7. The molecule has 0 radical (unpaired) electrons. The van der Waals surface area contributed by atoms with Crippen LogP contribution >= 0.6 is 11.8 Å². The number of rotatable bonds is 8. The lowest BCUT2D eigenvalue weighted by atomic mass is 10.1. The highest BCUT2D eigenvalue weighted by atomic mass is 32.2. The van der Waals surface area contributed by atoms with Crippen LogP contribution in [0.4, 0.5) is 10.1 Å². The number of aromatic nitrogens is 2. The number of imidazole rings is 1. The molecular formula is C26H20FN5O2S. The second-order valence-corrected chi connectivity index (χ2v) is 8.41. The summed E-state index contributed by atoms with van der Waals surface area (Å²) in [5.74, 6) is -0.698. The first-order valence-corrected chi connectivity index (χ1v) is 11.6. The molecule has 1 aromatic heterocycles. The zero-order chi connectivity index (χ0) is 24.6. The van der Waals surface area contributed by atoms with Gasteiger partial charge in [-0.25, -0.2) is 9.37 Å². The third-order valence-corrected chi connectivity index (χ3v) is 5.93. The first kappa shape index (κ1) is 23.7. The van der Waals surface area contributed by atoms with Gasteiger partial charge >= 0.3 is 0 Å². The lowest BCUT2D eigenvalue weighted by Gasteiger charge is -2.10. The molecule has 4 rings (SSSR count). The first-order chi connectivity index (χ1) is 17.0. The number of nitriles is 1. The summed E-state index contributed by atoms with van der Waals surface area (Å²) < 4.78 is 14.9. The highest BCUT2D eigenvalue weighted by Gasteiger charge is 2.12. The minimum atomic E-state index is -0.326. The van der Waals surface area contributed by atoms with E-state index in [-0.39, 0.29) is 29.9 Å². The number of hydrogen-bond acceptors (Lipinski definition) is 5. The smallest absolute Gasteiger partial charge is 0.251 e. The van der Waals surface area contributed by atoms with Crippen LogP contribution in [-0.4, -0.2) is 27.1 Å².